The van der Waals surface area contributed by atoms with E-state index < -0.39 is 0 Å². The summed E-state index contributed by atoms with van der Waals surface area (Å²) < 4.78 is 0. The Morgan fingerprint density at radius 3 is 2.71 bits per heavy atom. The second-order valence-electron chi connectivity index (χ2n) is 8.48. The zero-order chi connectivity index (χ0) is 14.3. The van der Waals surface area contributed by atoms with Gasteiger partial charge in [-0.1, -0.05) is 50.6 Å². The molecule has 0 amide bonds. The Labute approximate surface area is 130 Å². The fraction of sp³-hybridized carbons (Fsp3) is 0.700. The molecule has 4 fully saturated rings. The number of nitrogens with one attached hydrogen (secondary N) is 1. The number of hydrogen-bond donors (Lipinski definition) is 1. The Morgan fingerprint density at radius 2 is 2.14 bits per heavy atom. The largest absolute Gasteiger partial charge is 0.309 e. The molecule has 5 unspecified atom stereocenters. The first-order valence-corrected chi connectivity index (χ1v) is 8.98. The van der Waals surface area contributed by atoms with Crippen LogP contribution in [-0.2, 0) is 0 Å². The van der Waals surface area contributed by atoms with Crippen molar-refractivity contribution in [3.05, 3.63) is 35.9 Å². The highest BCUT2D eigenvalue weighted by Crippen LogP contribution is 3.08. The van der Waals surface area contributed by atoms with Crippen LogP contribution in [0.15, 0.2) is 30.3 Å². The fourth-order valence-electron chi connectivity index (χ4n) is 6.91. The Hall–Kier alpha value is -0.820. The first-order chi connectivity index (χ1) is 10.2. The number of fused-ring (bicyclic) bond motifs is 3. The van der Waals surface area contributed by atoms with E-state index in [2.05, 4.69) is 49.5 Å². The summed E-state index contributed by atoms with van der Waals surface area (Å²) in [4.78, 5) is 0. The van der Waals surface area contributed by atoms with Crippen molar-refractivity contribution in [1.29, 1.82) is 0 Å². The van der Waals surface area contributed by atoms with Crippen molar-refractivity contribution < 1.29 is 1.43 Å². The Bertz CT molecular complexity index is 587. The Morgan fingerprint density at radius 1 is 1.33 bits per heavy atom. The van der Waals surface area contributed by atoms with E-state index >= 15 is 0 Å². The Kier molecular flexibility index (Phi) is 2.26. The van der Waals surface area contributed by atoms with E-state index in [-0.39, 0.29) is 1.43 Å². The maximum absolute atomic E-state index is 3.99. The van der Waals surface area contributed by atoms with Gasteiger partial charge in [-0.2, -0.15) is 0 Å². The number of hydrogen-bond acceptors (Lipinski definition) is 1. The summed E-state index contributed by atoms with van der Waals surface area (Å²) in [6.45, 7) is 6.15. The van der Waals surface area contributed by atoms with Crippen molar-refractivity contribution >= 4 is 0 Å². The van der Waals surface area contributed by atoms with Gasteiger partial charge in [0, 0.05) is 14.0 Å². The average molecular weight is 283 g/mol. The van der Waals surface area contributed by atoms with Crippen molar-refractivity contribution in [2.75, 3.05) is 6.54 Å². The molecule has 1 N–H and O–H groups in total. The molecule has 1 spiro atoms. The molecule has 0 bridgehead atoms. The molecular formula is C20H29N. The third-order valence-corrected chi connectivity index (χ3v) is 8.02. The van der Waals surface area contributed by atoms with Crippen molar-refractivity contribution in [3.63, 3.8) is 0 Å². The molecule has 0 radical (unpaired) electrons. The molecule has 1 nitrogen and oxygen atoms in total. The first-order valence-electron chi connectivity index (χ1n) is 8.98. The SMILES string of the molecule is CCC[C@H](NCC12CCC1C1C3(C)CC132)c1ccccc1.[HH]. The zero-order valence-corrected chi connectivity index (χ0v) is 13.4. The molecule has 114 valence electrons. The smallest absolute Gasteiger partial charge is 0.0320 e. The highest BCUT2D eigenvalue weighted by molar-refractivity contribution is 5.51. The van der Waals surface area contributed by atoms with Crippen LogP contribution in [-0.4, -0.2) is 6.54 Å². The molecule has 5 rings (SSSR count). The van der Waals surface area contributed by atoms with Crippen LogP contribution in [0, 0.1) is 28.1 Å². The molecule has 1 aromatic carbocycles. The lowest BCUT2D eigenvalue weighted by atomic mass is 9.42. The van der Waals surface area contributed by atoms with Gasteiger partial charge in [-0.3, -0.25) is 0 Å². The molecule has 0 aromatic heterocycles. The van der Waals surface area contributed by atoms with Crippen LogP contribution in [0.3, 0.4) is 0 Å². The normalized spacial score (nSPS) is 49.0. The highest BCUT2D eigenvalue weighted by atomic mass is 15.1. The molecular weight excluding hydrogens is 254 g/mol. The van der Waals surface area contributed by atoms with Gasteiger partial charge >= 0.3 is 0 Å². The minimum Gasteiger partial charge on any atom is -0.309 e. The number of rotatable bonds is 6. The maximum atomic E-state index is 3.99. The van der Waals surface area contributed by atoms with Crippen LogP contribution in [0.5, 0.6) is 0 Å². The van der Waals surface area contributed by atoms with Crippen LogP contribution < -0.4 is 5.32 Å². The lowest BCUT2D eigenvalue weighted by Gasteiger charge is -2.63. The van der Waals surface area contributed by atoms with Crippen LogP contribution in [0.4, 0.5) is 0 Å². The molecule has 21 heavy (non-hydrogen) atoms. The summed E-state index contributed by atoms with van der Waals surface area (Å²) in [6.07, 6.45) is 7.09. The molecule has 4 saturated carbocycles. The summed E-state index contributed by atoms with van der Waals surface area (Å²) in [6, 6.07) is 11.6. The molecule has 0 saturated heterocycles. The van der Waals surface area contributed by atoms with Crippen molar-refractivity contribution in [3.8, 4) is 0 Å². The standard InChI is InChI=1S/C20H27N.H2/c1-3-7-16(14-8-5-4-6-9-14)21-13-19-11-10-15(19)17-18(2)12-20(17,18)19;/h4-6,8-9,15-17,21H,3,7,10-13H2,1-2H3;1H/t15?,16-,17?,18?,19?,20?;/m0./s1. The lowest BCUT2D eigenvalue weighted by Crippen LogP contribution is -2.61. The summed E-state index contributed by atoms with van der Waals surface area (Å²) in [5.74, 6) is 2.23. The van der Waals surface area contributed by atoms with E-state index in [9.17, 15) is 0 Å². The van der Waals surface area contributed by atoms with Gasteiger partial charge < -0.3 is 5.32 Å². The van der Waals surface area contributed by atoms with E-state index in [1.165, 1.54) is 37.8 Å². The molecule has 0 heterocycles. The Balaban J connectivity index is 0.00000125. The molecule has 4 aliphatic carbocycles. The maximum Gasteiger partial charge on any atom is 0.0320 e. The van der Waals surface area contributed by atoms with Gasteiger partial charge in [-0.15, -0.1) is 0 Å². The molecule has 0 aliphatic heterocycles. The average Bonchev–Trinajstić information content (AvgIpc) is 3.27. The van der Waals surface area contributed by atoms with Gasteiger partial charge in [0.1, 0.15) is 0 Å². The van der Waals surface area contributed by atoms with Crippen LogP contribution in [0.2, 0.25) is 0 Å². The second kappa shape index (κ2) is 3.74. The monoisotopic (exact) mass is 283 g/mol. The van der Waals surface area contributed by atoms with Crippen LogP contribution in [0.1, 0.15) is 59.0 Å². The fourth-order valence-corrected chi connectivity index (χ4v) is 6.91. The highest BCUT2D eigenvalue weighted by Gasteiger charge is 3.04. The van der Waals surface area contributed by atoms with E-state index in [1.54, 1.807) is 6.42 Å². The lowest BCUT2D eigenvalue weighted by molar-refractivity contribution is -0.144. The van der Waals surface area contributed by atoms with Crippen molar-refractivity contribution in [2.24, 2.45) is 28.1 Å². The van der Waals surface area contributed by atoms with Crippen LogP contribution in [0.25, 0.3) is 0 Å². The molecule has 1 aromatic rings. The van der Waals surface area contributed by atoms with Crippen molar-refractivity contribution in [1.82, 2.24) is 5.32 Å². The third-order valence-electron chi connectivity index (χ3n) is 8.02. The summed E-state index contributed by atoms with van der Waals surface area (Å²) in [7, 11) is 0. The van der Waals surface area contributed by atoms with Gasteiger partial charge in [0.05, 0.1) is 0 Å². The molecule has 1 heteroatoms. The number of benzene rings is 1. The quantitative estimate of drug-likeness (QED) is 0.790. The van der Waals surface area contributed by atoms with E-state index in [4.69, 9.17) is 0 Å². The van der Waals surface area contributed by atoms with E-state index in [0.29, 0.717) is 11.5 Å². The van der Waals surface area contributed by atoms with Gasteiger partial charge in [0.15, 0.2) is 0 Å². The second-order valence-corrected chi connectivity index (χ2v) is 8.48. The van der Waals surface area contributed by atoms with Crippen LogP contribution >= 0.6 is 0 Å². The first kappa shape index (κ1) is 12.7. The molecule has 6 atom stereocenters. The van der Waals surface area contributed by atoms with Gasteiger partial charge in [-0.05, 0) is 59.3 Å². The summed E-state index contributed by atoms with van der Waals surface area (Å²) in [5.41, 5.74) is 3.81. The third kappa shape index (κ3) is 1.22. The summed E-state index contributed by atoms with van der Waals surface area (Å²) in [5, 5.41) is 3.99. The minimum absolute atomic E-state index is 0. The van der Waals surface area contributed by atoms with E-state index in [0.717, 1.165) is 22.7 Å². The van der Waals surface area contributed by atoms with E-state index in [1.807, 2.05) is 0 Å². The van der Waals surface area contributed by atoms with Gasteiger partial charge in [0.25, 0.3) is 0 Å². The summed E-state index contributed by atoms with van der Waals surface area (Å²) >= 11 is 0. The van der Waals surface area contributed by atoms with Crippen molar-refractivity contribution in [2.45, 2.75) is 52.0 Å². The predicted molar refractivity (Wildman–Crippen MR) is 88.0 cm³/mol. The topological polar surface area (TPSA) is 12.0 Å². The van der Waals surface area contributed by atoms with Gasteiger partial charge in [0.2, 0.25) is 0 Å². The zero-order valence-electron chi connectivity index (χ0n) is 13.4. The predicted octanol–water partition coefficient (Wildman–Crippen LogP) is 4.80. The minimum atomic E-state index is 0. The van der Waals surface area contributed by atoms with Gasteiger partial charge in [-0.25, -0.2) is 0 Å². The molecule has 4 aliphatic rings.